The molecule has 0 spiro atoms. The van der Waals surface area contributed by atoms with Crippen LogP contribution in [-0.2, 0) is 4.74 Å². The molecule has 0 aliphatic carbocycles. The van der Waals surface area contributed by atoms with Crippen molar-refractivity contribution in [3.8, 4) is 0 Å². The van der Waals surface area contributed by atoms with E-state index < -0.39 is 12.7 Å². The minimum absolute atomic E-state index is 0. The second-order valence-electron chi connectivity index (χ2n) is 6.55. The molecule has 0 amide bonds. The molecular formula is C16H31F3IN5O. The van der Waals surface area contributed by atoms with Gasteiger partial charge in [-0.05, 0) is 19.8 Å². The zero-order chi connectivity index (χ0) is 18.1. The molecule has 10 heteroatoms. The third kappa shape index (κ3) is 9.56. The fourth-order valence-electron chi connectivity index (χ4n) is 3.17. The van der Waals surface area contributed by atoms with Gasteiger partial charge < -0.3 is 15.4 Å². The van der Waals surface area contributed by atoms with Crippen LogP contribution in [0.15, 0.2) is 4.99 Å². The summed E-state index contributed by atoms with van der Waals surface area (Å²) in [6.07, 6.45) is -2.47. The minimum Gasteiger partial charge on any atom is -0.379 e. The number of ether oxygens (including phenoxy) is 1. The summed E-state index contributed by atoms with van der Waals surface area (Å²) in [7, 11) is 0. The number of hydrogen-bond acceptors (Lipinski definition) is 4. The molecule has 2 aliphatic heterocycles. The molecule has 2 N–H and O–H groups in total. The number of likely N-dealkylation sites (tertiary alicyclic amines) is 1. The quantitative estimate of drug-likeness (QED) is 0.244. The lowest BCUT2D eigenvalue weighted by atomic mass is 10.3. The van der Waals surface area contributed by atoms with E-state index in [9.17, 15) is 13.2 Å². The Kier molecular flexibility index (Phi) is 11.1. The highest BCUT2D eigenvalue weighted by Crippen LogP contribution is 2.19. The van der Waals surface area contributed by atoms with Crippen molar-refractivity contribution >= 4 is 29.9 Å². The number of halogens is 4. The Bertz CT molecular complexity index is 419. The van der Waals surface area contributed by atoms with Crippen LogP contribution in [0.5, 0.6) is 0 Å². The van der Waals surface area contributed by atoms with Crippen LogP contribution in [0.4, 0.5) is 13.2 Å². The minimum atomic E-state index is -4.13. The van der Waals surface area contributed by atoms with Gasteiger partial charge in [0.15, 0.2) is 5.96 Å². The van der Waals surface area contributed by atoms with E-state index in [4.69, 9.17) is 4.74 Å². The van der Waals surface area contributed by atoms with Crippen LogP contribution in [0, 0.1) is 0 Å². The average molecular weight is 493 g/mol. The highest BCUT2D eigenvalue weighted by atomic mass is 127. The molecule has 6 nitrogen and oxygen atoms in total. The molecular weight excluding hydrogens is 462 g/mol. The lowest BCUT2D eigenvalue weighted by molar-refractivity contribution is -0.143. The van der Waals surface area contributed by atoms with Crippen molar-refractivity contribution < 1.29 is 17.9 Å². The van der Waals surface area contributed by atoms with Crippen molar-refractivity contribution in [3.63, 3.8) is 0 Å². The highest BCUT2D eigenvalue weighted by molar-refractivity contribution is 14.0. The van der Waals surface area contributed by atoms with Gasteiger partial charge >= 0.3 is 6.18 Å². The van der Waals surface area contributed by atoms with Crippen molar-refractivity contribution in [2.75, 3.05) is 65.6 Å². The van der Waals surface area contributed by atoms with E-state index in [1.807, 2.05) is 6.92 Å². The molecule has 2 rings (SSSR count). The summed E-state index contributed by atoms with van der Waals surface area (Å²) in [5.74, 6) is 0.698. The highest BCUT2D eigenvalue weighted by Gasteiger charge is 2.34. The van der Waals surface area contributed by atoms with Crippen LogP contribution < -0.4 is 10.6 Å². The number of nitrogens with zero attached hydrogens (tertiary/aromatic N) is 3. The summed E-state index contributed by atoms with van der Waals surface area (Å²) >= 11 is 0. The van der Waals surface area contributed by atoms with Gasteiger partial charge in [-0.1, -0.05) is 0 Å². The maximum Gasteiger partial charge on any atom is 0.401 e. The molecule has 2 saturated heterocycles. The van der Waals surface area contributed by atoms with Gasteiger partial charge in [-0.3, -0.25) is 14.8 Å². The maximum absolute atomic E-state index is 12.5. The fraction of sp³-hybridized carbons (Fsp3) is 0.938. The van der Waals surface area contributed by atoms with E-state index in [1.54, 1.807) is 0 Å². The first-order chi connectivity index (χ1) is 12.0. The normalized spacial score (nSPS) is 22.9. The lowest BCUT2D eigenvalue weighted by Crippen LogP contribution is -2.45. The summed E-state index contributed by atoms with van der Waals surface area (Å²) in [5.41, 5.74) is 0. The number of morpholine rings is 1. The molecule has 2 fully saturated rings. The molecule has 0 aromatic heterocycles. The third-order valence-corrected chi connectivity index (χ3v) is 4.37. The monoisotopic (exact) mass is 493 g/mol. The predicted molar refractivity (Wildman–Crippen MR) is 107 cm³/mol. The molecule has 26 heavy (non-hydrogen) atoms. The molecule has 0 bridgehead atoms. The van der Waals surface area contributed by atoms with Gasteiger partial charge in [-0.15, -0.1) is 24.0 Å². The van der Waals surface area contributed by atoms with E-state index >= 15 is 0 Å². The Morgan fingerprint density at radius 3 is 2.58 bits per heavy atom. The van der Waals surface area contributed by atoms with Crippen LogP contribution in [0.25, 0.3) is 0 Å². The smallest absolute Gasteiger partial charge is 0.379 e. The first-order valence-electron chi connectivity index (χ1n) is 9.10. The summed E-state index contributed by atoms with van der Waals surface area (Å²) in [6.45, 7) is 7.97. The topological polar surface area (TPSA) is 52.1 Å². The first-order valence-corrected chi connectivity index (χ1v) is 9.10. The Balaban J connectivity index is 0.00000338. The molecule has 0 aromatic carbocycles. The number of nitrogens with one attached hydrogen (secondary N) is 2. The van der Waals surface area contributed by atoms with Crippen LogP contribution in [0.2, 0.25) is 0 Å². The van der Waals surface area contributed by atoms with Crippen LogP contribution in [0.3, 0.4) is 0 Å². The summed E-state index contributed by atoms with van der Waals surface area (Å²) < 4.78 is 42.7. The Morgan fingerprint density at radius 2 is 1.92 bits per heavy atom. The Morgan fingerprint density at radius 1 is 1.19 bits per heavy atom. The second kappa shape index (κ2) is 12.2. The van der Waals surface area contributed by atoms with Crippen molar-refractivity contribution in [2.24, 2.45) is 4.99 Å². The number of alkyl halides is 3. The molecule has 0 saturated carbocycles. The zero-order valence-corrected chi connectivity index (χ0v) is 17.7. The van der Waals surface area contributed by atoms with Crippen LogP contribution in [-0.4, -0.2) is 93.5 Å². The number of hydrogen-bond donors (Lipinski definition) is 2. The van der Waals surface area contributed by atoms with Crippen molar-refractivity contribution in [1.29, 1.82) is 0 Å². The summed E-state index contributed by atoms with van der Waals surface area (Å²) in [6, 6.07) is 0.0133. The average Bonchev–Trinajstić information content (AvgIpc) is 2.97. The molecule has 0 aromatic rings. The predicted octanol–water partition coefficient (Wildman–Crippen LogP) is 1.52. The Hall–Kier alpha value is -0.330. The van der Waals surface area contributed by atoms with E-state index in [2.05, 4.69) is 20.5 Å². The zero-order valence-electron chi connectivity index (χ0n) is 15.4. The number of rotatable bonds is 7. The van der Waals surface area contributed by atoms with Gasteiger partial charge in [0.05, 0.1) is 19.8 Å². The van der Waals surface area contributed by atoms with E-state index in [1.165, 1.54) is 4.90 Å². The van der Waals surface area contributed by atoms with E-state index in [-0.39, 0.29) is 30.0 Å². The van der Waals surface area contributed by atoms with Gasteiger partial charge in [-0.25, -0.2) is 0 Å². The molecule has 154 valence electrons. The van der Waals surface area contributed by atoms with Crippen molar-refractivity contribution in [1.82, 2.24) is 20.4 Å². The van der Waals surface area contributed by atoms with Gasteiger partial charge in [0.25, 0.3) is 0 Å². The van der Waals surface area contributed by atoms with Crippen molar-refractivity contribution in [3.05, 3.63) is 0 Å². The maximum atomic E-state index is 12.5. The van der Waals surface area contributed by atoms with E-state index in [0.29, 0.717) is 32.0 Å². The van der Waals surface area contributed by atoms with Gasteiger partial charge in [0.2, 0.25) is 0 Å². The molecule has 1 atom stereocenters. The standard InChI is InChI=1S/C16H30F3N5O.HI/c1-2-20-15(21-5-3-6-23-8-10-25-11-9-23)22-14-4-7-24(12-14)13-16(17,18)19;/h14H,2-13H2,1H3,(H2,20,21,22);1H. The van der Waals surface area contributed by atoms with Crippen LogP contribution >= 0.6 is 24.0 Å². The number of aliphatic imine (C=N–C) groups is 1. The molecule has 2 aliphatic rings. The second-order valence-corrected chi connectivity index (χ2v) is 6.55. The fourth-order valence-corrected chi connectivity index (χ4v) is 3.17. The summed E-state index contributed by atoms with van der Waals surface area (Å²) in [4.78, 5) is 8.37. The lowest BCUT2D eigenvalue weighted by Gasteiger charge is -2.26. The SMILES string of the molecule is CCNC(=NCCCN1CCOCC1)NC1CCN(CC(F)(F)F)C1.I. The van der Waals surface area contributed by atoms with Gasteiger partial charge in [0, 0.05) is 51.9 Å². The summed E-state index contributed by atoms with van der Waals surface area (Å²) in [5, 5.41) is 6.44. The molecule has 1 unspecified atom stereocenters. The third-order valence-electron chi connectivity index (χ3n) is 4.37. The largest absolute Gasteiger partial charge is 0.401 e. The Labute approximate surface area is 170 Å². The van der Waals surface area contributed by atoms with Crippen LogP contribution in [0.1, 0.15) is 19.8 Å². The van der Waals surface area contributed by atoms with Gasteiger partial charge in [0.1, 0.15) is 0 Å². The number of guanidine groups is 1. The first kappa shape index (κ1) is 23.7. The van der Waals surface area contributed by atoms with Crippen molar-refractivity contribution in [2.45, 2.75) is 32.0 Å². The molecule has 0 radical (unpaired) electrons. The van der Waals surface area contributed by atoms with E-state index in [0.717, 1.165) is 45.8 Å². The molecule has 2 heterocycles. The van der Waals surface area contributed by atoms with Gasteiger partial charge in [-0.2, -0.15) is 13.2 Å².